The lowest BCUT2D eigenvalue weighted by Crippen LogP contribution is -2.15. The number of ether oxygens (including phenoxy) is 1. The summed E-state index contributed by atoms with van der Waals surface area (Å²) in [7, 11) is 3.67. The van der Waals surface area contributed by atoms with Crippen LogP contribution in [0.4, 0.5) is 0 Å². The van der Waals surface area contributed by atoms with Gasteiger partial charge in [0.1, 0.15) is 5.75 Å². The Morgan fingerprint density at radius 2 is 2.29 bits per heavy atom. The summed E-state index contributed by atoms with van der Waals surface area (Å²) in [6, 6.07) is 7.20. The van der Waals surface area contributed by atoms with Gasteiger partial charge in [-0.15, -0.1) is 11.8 Å². The summed E-state index contributed by atoms with van der Waals surface area (Å²) in [5.41, 5.74) is 2.56. The maximum absolute atomic E-state index is 5.48. The van der Waals surface area contributed by atoms with Crippen LogP contribution in [0.1, 0.15) is 24.0 Å². The normalized spacial score (nSPS) is 14.4. The number of aryl methyl sites for hydroxylation is 1. The Balaban J connectivity index is 1.66. The van der Waals surface area contributed by atoms with Crippen molar-refractivity contribution in [3.05, 3.63) is 41.7 Å². The van der Waals surface area contributed by atoms with Gasteiger partial charge in [-0.3, -0.25) is 4.68 Å². The molecule has 1 saturated carbocycles. The fourth-order valence-electron chi connectivity index (χ4n) is 2.24. The molecule has 2 aromatic rings. The van der Waals surface area contributed by atoms with E-state index in [9.17, 15) is 0 Å². The summed E-state index contributed by atoms with van der Waals surface area (Å²) in [6.45, 7) is 0.944. The molecule has 0 bridgehead atoms. The van der Waals surface area contributed by atoms with Crippen molar-refractivity contribution in [3.8, 4) is 5.75 Å². The number of aromatic nitrogens is 2. The highest BCUT2D eigenvalue weighted by Gasteiger charge is 2.20. The van der Waals surface area contributed by atoms with Gasteiger partial charge in [-0.1, -0.05) is 6.07 Å². The van der Waals surface area contributed by atoms with Crippen molar-refractivity contribution in [2.24, 2.45) is 7.05 Å². The van der Waals surface area contributed by atoms with Crippen molar-refractivity contribution in [2.45, 2.75) is 36.1 Å². The molecule has 0 atom stereocenters. The summed E-state index contributed by atoms with van der Waals surface area (Å²) in [6.07, 6.45) is 6.57. The van der Waals surface area contributed by atoms with Crippen LogP contribution >= 0.6 is 11.8 Å². The lowest BCUT2D eigenvalue weighted by molar-refractivity contribution is 0.411. The largest absolute Gasteiger partial charge is 0.496 e. The number of rotatable bonds is 7. The fourth-order valence-corrected chi connectivity index (χ4v) is 3.14. The predicted octanol–water partition coefficient (Wildman–Crippen LogP) is 2.97. The van der Waals surface area contributed by atoms with Crippen LogP contribution in [-0.2, 0) is 19.3 Å². The molecule has 1 aromatic heterocycles. The van der Waals surface area contributed by atoms with Crippen LogP contribution in [0.2, 0.25) is 0 Å². The standard InChI is InChI=1S/C16H21N3OS/c1-19-10-15(9-18-19)21-11-13-7-12(3-6-16(13)20-2)8-17-14-4-5-14/h3,6-7,9-10,14,17H,4-5,8,11H2,1-2H3. The second-order valence-corrected chi connectivity index (χ2v) is 6.49. The van der Waals surface area contributed by atoms with Gasteiger partial charge in [0, 0.05) is 42.0 Å². The molecule has 1 N–H and O–H groups in total. The first-order valence-electron chi connectivity index (χ1n) is 7.25. The van der Waals surface area contributed by atoms with Crippen LogP contribution in [0.25, 0.3) is 0 Å². The van der Waals surface area contributed by atoms with Gasteiger partial charge >= 0.3 is 0 Å². The van der Waals surface area contributed by atoms with E-state index in [1.165, 1.54) is 28.9 Å². The Morgan fingerprint density at radius 1 is 1.43 bits per heavy atom. The molecule has 3 rings (SSSR count). The molecular weight excluding hydrogens is 282 g/mol. The number of hydrogen-bond donors (Lipinski definition) is 1. The molecule has 1 fully saturated rings. The third-order valence-electron chi connectivity index (χ3n) is 3.59. The highest BCUT2D eigenvalue weighted by Crippen LogP contribution is 2.29. The molecular formula is C16H21N3OS. The highest BCUT2D eigenvalue weighted by molar-refractivity contribution is 7.98. The first-order chi connectivity index (χ1) is 10.2. The van der Waals surface area contributed by atoms with Crippen LogP contribution in [0.3, 0.4) is 0 Å². The van der Waals surface area contributed by atoms with Gasteiger partial charge < -0.3 is 10.1 Å². The smallest absolute Gasteiger partial charge is 0.122 e. The number of methoxy groups -OCH3 is 1. The lowest BCUT2D eigenvalue weighted by Gasteiger charge is -2.11. The Labute approximate surface area is 129 Å². The van der Waals surface area contributed by atoms with Gasteiger partial charge in [-0.05, 0) is 30.5 Å². The highest BCUT2D eigenvalue weighted by atomic mass is 32.2. The second kappa shape index (κ2) is 6.54. The maximum Gasteiger partial charge on any atom is 0.122 e. The number of hydrogen-bond acceptors (Lipinski definition) is 4. The minimum atomic E-state index is 0.736. The van der Waals surface area contributed by atoms with E-state index in [4.69, 9.17) is 4.74 Å². The second-order valence-electron chi connectivity index (χ2n) is 5.44. The zero-order valence-electron chi connectivity index (χ0n) is 12.5. The lowest BCUT2D eigenvalue weighted by atomic mass is 10.1. The zero-order valence-corrected chi connectivity index (χ0v) is 13.3. The molecule has 1 aromatic carbocycles. The quantitative estimate of drug-likeness (QED) is 0.798. The summed E-state index contributed by atoms with van der Waals surface area (Å²) in [4.78, 5) is 1.18. The van der Waals surface area contributed by atoms with Crippen LogP contribution in [0.15, 0.2) is 35.5 Å². The molecule has 1 heterocycles. The Morgan fingerprint density at radius 3 is 2.95 bits per heavy atom. The van der Waals surface area contributed by atoms with E-state index in [1.54, 1.807) is 18.9 Å². The molecule has 0 saturated heterocycles. The molecule has 21 heavy (non-hydrogen) atoms. The molecule has 4 nitrogen and oxygen atoms in total. The summed E-state index contributed by atoms with van der Waals surface area (Å²) >= 11 is 1.79. The van der Waals surface area contributed by atoms with Gasteiger partial charge in [-0.2, -0.15) is 5.10 Å². The summed E-state index contributed by atoms with van der Waals surface area (Å²) < 4.78 is 7.31. The fraction of sp³-hybridized carbons (Fsp3) is 0.438. The SMILES string of the molecule is COc1ccc(CNC2CC2)cc1CSc1cnn(C)c1. The maximum atomic E-state index is 5.48. The van der Waals surface area contributed by atoms with Crippen molar-refractivity contribution in [2.75, 3.05) is 7.11 Å². The van der Waals surface area contributed by atoms with Crippen molar-refractivity contribution in [1.82, 2.24) is 15.1 Å². The molecule has 0 unspecified atom stereocenters. The molecule has 112 valence electrons. The average Bonchev–Trinajstić information content (AvgIpc) is 3.24. The molecule has 0 spiro atoms. The third-order valence-corrected chi connectivity index (χ3v) is 4.59. The Hall–Kier alpha value is -1.46. The molecule has 1 aliphatic rings. The number of nitrogens with zero attached hydrogens (tertiary/aromatic N) is 2. The average molecular weight is 303 g/mol. The van der Waals surface area contributed by atoms with E-state index in [1.807, 2.05) is 24.1 Å². The van der Waals surface area contributed by atoms with Crippen molar-refractivity contribution >= 4 is 11.8 Å². The minimum Gasteiger partial charge on any atom is -0.496 e. The first-order valence-corrected chi connectivity index (χ1v) is 8.24. The molecule has 0 radical (unpaired) electrons. The van der Waals surface area contributed by atoms with Crippen LogP contribution < -0.4 is 10.1 Å². The van der Waals surface area contributed by atoms with E-state index in [0.717, 1.165) is 24.1 Å². The Bertz CT molecular complexity index is 607. The van der Waals surface area contributed by atoms with E-state index in [2.05, 4.69) is 28.6 Å². The summed E-state index contributed by atoms with van der Waals surface area (Å²) in [5, 5.41) is 7.75. The number of nitrogens with one attached hydrogen (secondary N) is 1. The predicted molar refractivity (Wildman–Crippen MR) is 85.6 cm³/mol. The monoisotopic (exact) mass is 303 g/mol. The topological polar surface area (TPSA) is 39.1 Å². The van der Waals surface area contributed by atoms with Gasteiger partial charge in [0.05, 0.1) is 13.3 Å². The third kappa shape index (κ3) is 4.02. The Kier molecular flexibility index (Phi) is 4.51. The zero-order chi connectivity index (χ0) is 14.7. The molecule has 0 amide bonds. The molecule has 1 aliphatic carbocycles. The van der Waals surface area contributed by atoms with E-state index < -0.39 is 0 Å². The van der Waals surface area contributed by atoms with E-state index in [-0.39, 0.29) is 0 Å². The van der Waals surface area contributed by atoms with Crippen molar-refractivity contribution < 1.29 is 4.74 Å². The van der Waals surface area contributed by atoms with Crippen LogP contribution in [-0.4, -0.2) is 22.9 Å². The van der Waals surface area contributed by atoms with Gasteiger partial charge in [0.25, 0.3) is 0 Å². The van der Waals surface area contributed by atoms with Gasteiger partial charge in [0.15, 0.2) is 0 Å². The minimum absolute atomic E-state index is 0.736. The van der Waals surface area contributed by atoms with Crippen LogP contribution in [0.5, 0.6) is 5.75 Å². The van der Waals surface area contributed by atoms with Crippen molar-refractivity contribution in [1.29, 1.82) is 0 Å². The summed E-state index contributed by atoms with van der Waals surface area (Å²) in [5.74, 6) is 1.85. The van der Waals surface area contributed by atoms with Crippen LogP contribution in [0, 0.1) is 0 Å². The number of thioether (sulfide) groups is 1. The number of benzene rings is 1. The van der Waals surface area contributed by atoms with Crippen molar-refractivity contribution in [3.63, 3.8) is 0 Å². The van der Waals surface area contributed by atoms with E-state index in [0.29, 0.717) is 0 Å². The van der Waals surface area contributed by atoms with E-state index >= 15 is 0 Å². The molecule has 5 heteroatoms. The first kappa shape index (κ1) is 14.5. The van der Waals surface area contributed by atoms with Gasteiger partial charge in [0.2, 0.25) is 0 Å². The van der Waals surface area contributed by atoms with Gasteiger partial charge in [-0.25, -0.2) is 0 Å². The molecule has 0 aliphatic heterocycles.